The summed E-state index contributed by atoms with van der Waals surface area (Å²) in [5.41, 5.74) is 5.76. The summed E-state index contributed by atoms with van der Waals surface area (Å²) in [7, 11) is 0. The smallest absolute Gasteiger partial charge is 0.0152 e. The summed E-state index contributed by atoms with van der Waals surface area (Å²) in [6.45, 7) is 4.56. The molecular weight excluding hydrogens is 276 g/mol. The highest BCUT2D eigenvalue weighted by atomic mass is 14.3. The largest absolute Gasteiger partial charge is 0.0654 e. The summed E-state index contributed by atoms with van der Waals surface area (Å²) in [6, 6.07) is 18.2. The summed E-state index contributed by atoms with van der Waals surface area (Å²) < 4.78 is 0. The molecule has 122 valence electrons. The Morgan fingerprint density at radius 2 is 1.52 bits per heavy atom. The van der Waals surface area contributed by atoms with Crippen LogP contribution in [0.4, 0.5) is 0 Å². The van der Waals surface area contributed by atoms with Crippen molar-refractivity contribution in [2.24, 2.45) is 5.92 Å². The van der Waals surface area contributed by atoms with Gasteiger partial charge in [-0.2, -0.15) is 0 Å². The molecule has 1 saturated carbocycles. The van der Waals surface area contributed by atoms with Crippen molar-refractivity contribution in [1.82, 2.24) is 0 Å². The molecule has 0 bridgehead atoms. The molecule has 0 saturated heterocycles. The Kier molecular flexibility index (Phi) is 5.54. The van der Waals surface area contributed by atoms with Crippen molar-refractivity contribution in [3.05, 3.63) is 59.7 Å². The fourth-order valence-corrected chi connectivity index (χ4v) is 4.24. The minimum atomic E-state index is 0.790. The molecule has 0 aromatic heterocycles. The second-order valence-electron chi connectivity index (χ2n) is 7.14. The van der Waals surface area contributed by atoms with Crippen molar-refractivity contribution in [3.8, 4) is 11.1 Å². The van der Waals surface area contributed by atoms with Crippen molar-refractivity contribution >= 4 is 0 Å². The van der Waals surface area contributed by atoms with Crippen LogP contribution in [0.1, 0.15) is 69.4 Å². The maximum atomic E-state index is 2.38. The molecule has 1 fully saturated rings. The van der Waals surface area contributed by atoms with Crippen LogP contribution in [-0.4, -0.2) is 0 Å². The summed E-state index contributed by atoms with van der Waals surface area (Å²) in [6.07, 6.45) is 9.50. The van der Waals surface area contributed by atoms with E-state index in [-0.39, 0.29) is 0 Å². The van der Waals surface area contributed by atoms with Gasteiger partial charge in [-0.1, -0.05) is 75.2 Å². The van der Waals surface area contributed by atoms with Gasteiger partial charge >= 0.3 is 0 Å². The van der Waals surface area contributed by atoms with Gasteiger partial charge in [-0.3, -0.25) is 0 Å². The lowest BCUT2D eigenvalue weighted by molar-refractivity contribution is 0.308. The third-order valence-electron chi connectivity index (χ3n) is 5.64. The van der Waals surface area contributed by atoms with Crippen LogP contribution in [0.25, 0.3) is 11.1 Å². The maximum Gasteiger partial charge on any atom is -0.0152 e. The molecule has 2 aromatic rings. The van der Waals surface area contributed by atoms with Crippen molar-refractivity contribution in [2.75, 3.05) is 0 Å². The highest BCUT2D eigenvalue weighted by molar-refractivity contribution is 5.67. The lowest BCUT2D eigenvalue weighted by atomic mass is 9.77. The Hall–Kier alpha value is -1.56. The number of benzene rings is 2. The lowest BCUT2D eigenvalue weighted by Gasteiger charge is -2.28. The molecule has 3 rings (SSSR count). The van der Waals surface area contributed by atoms with E-state index in [9.17, 15) is 0 Å². The van der Waals surface area contributed by atoms with E-state index in [2.05, 4.69) is 62.4 Å². The first-order valence-electron chi connectivity index (χ1n) is 9.50. The van der Waals surface area contributed by atoms with Crippen molar-refractivity contribution < 1.29 is 0 Å². The Bertz CT molecular complexity index is 600. The molecule has 0 aliphatic heterocycles. The zero-order valence-electron chi connectivity index (χ0n) is 14.7. The van der Waals surface area contributed by atoms with Crippen molar-refractivity contribution in [3.63, 3.8) is 0 Å². The SMILES string of the molecule is CCCC1CCC(c2ccc(-c3ccccc3CC)cc2)CC1. The zero-order chi connectivity index (χ0) is 16.1. The molecule has 0 atom stereocenters. The van der Waals surface area contributed by atoms with E-state index in [1.54, 1.807) is 5.56 Å². The topological polar surface area (TPSA) is 0 Å². The number of aryl methyl sites for hydroxylation is 1. The predicted octanol–water partition coefficient (Wildman–Crippen LogP) is 6.99. The van der Waals surface area contributed by atoms with Gasteiger partial charge in [0.2, 0.25) is 0 Å². The van der Waals surface area contributed by atoms with Crippen molar-refractivity contribution in [2.45, 2.75) is 64.7 Å². The van der Waals surface area contributed by atoms with Crippen molar-refractivity contribution in [1.29, 1.82) is 0 Å². The normalized spacial score (nSPS) is 21.3. The molecule has 2 aromatic carbocycles. The Morgan fingerprint density at radius 3 is 2.17 bits per heavy atom. The van der Waals surface area contributed by atoms with Gasteiger partial charge in [0.15, 0.2) is 0 Å². The van der Waals surface area contributed by atoms with E-state index in [0.717, 1.165) is 18.3 Å². The van der Waals surface area contributed by atoms with Crippen LogP contribution in [0.2, 0.25) is 0 Å². The molecule has 1 aliphatic carbocycles. The molecule has 0 spiro atoms. The highest BCUT2D eigenvalue weighted by Gasteiger charge is 2.21. The first-order valence-corrected chi connectivity index (χ1v) is 9.50. The van der Waals surface area contributed by atoms with Crippen LogP contribution >= 0.6 is 0 Å². The average molecular weight is 306 g/mol. The molecule has 23 heavy (non-hydrogen) atoms. The molecule has 1 aliphatic rings. The van der Waals surface area contributed by atoms with E-state index in [4.69, 9.17) is 0 Å². The molecule has 0 nitrogen and oxygen atoms in total. The van der Waals surface area contributed by atoms with Gasteiger partial charge in [-0.25, -0.2) is 0 Å². The zero-order valence-corrected chi connectivity index (χ0v) is 14.7. The third-order valence-corrected chi connectivity index (χ3v) is 5.64. The van der Waals surface area contributed by atoms with Crippen LogP contribution in [-0.2, 0) is 6.42 Å². The summed E-state index contributed by atoms with van der Waals surface area (Å²) in [5.74, 6) is 1.78. The number of rotatable bonds is 5. The third kappa shape index (κ3) is 3.86. The minimum absolute atomic E-state index is 0.790. The summed E-state index contributed by atoms with van der Waals surface area (Å²) >= 11 is 0. The van der Waals surface area contributed by atoms with Gasteiger partial charge in [0.25, 0.3) is 0 Å². The van der Waals surface area contributed by atoms with Gasteiger partial charge in [-0.15, -0.1) is 0 Å². The van der Waals surface area contributed by atoms with Crippen LogP contribution in [0.3, 0.4) is 0 Å². The standard InChI is InChI=1S/C23H30/c1-3-7-18-10-12-20(13-11-18)21-14-16-22(17-15-21)23-9-6-5-8-19(23)4-2/h5-6,8-9,14-18,20H,3-4,7,10-13H2,1-2H3. The Balaban J connectivity index is 1.70. The monoisotopic (exact) mass is 306 g/mol. The van der Waals surface area contributed by atoms with E-state index >= 15 is 0 Å². The quantitative estimate of drug-likeness (QED) is 0.558. The van der Waals surface area contributed by atoms with E-state index in [1.165, 1.54) is 55.2 Å². The fourth-order valence-electron chi connectivity index (χ4n) is 4.24. The first-order chi connectivity index (χ1) is 11.3. The van der Waals surface area contributed by atoms with Gasteiger partial charge in [0.1, 0.15) is 0 Å². The Morgan fingerprint density at radius 1 is 0.826 bits per heavy atom. The summed E-state index contributed by atoms with van der Waals surface area (Å²) in [5, 5.41) is 0. The fraction of sp³-hybridized carbons (Fsp3) is 0.478. The van der Waals surface area contributed by atoms with E-state index in [1.807, 2.05) is 0 Å². The number of hydrogen-bond acceptors (Lipinski definition) is 0. The predicted molar refractivity (Wildman–Crippen MR) is 101 cm³/mol. The maximum absolute atomic E-state index is 2.38. The molecule has 0 radical (unpaired) electrons. The minimum Gasteiger partial charge on any atom is -0.0654 e. The van der Waals surface area contributed by atoms with Gasteiger partial charge in [0, 0.05) is 0 Å². The first kappa shape index (κ1) is 16.3. The summed E-state index contributed by atoms with van der Waals surface area (Å²) in [4.78, 5) is 0. The second kappa shape index (κ2) is 7.81. The molecule has 0 amide bonds. The van der Waals surface area contributed by atoms with Crippen LogP contribution in [0, 0.1) is 5.92 Å². The van der Waals surface area contributed by atoms with Crippen LogP contribution in [0.5, 0.6) is 0 Å². The molecular formula is C23H30. The van der Waals surface area contributed by atoms with Gasteiger partial charge < -0.3 is 0 Å². The van der Waals surface area contributed by atoms with E-state index in [0.29, 0.717) is 0 Å². The van der Waals surface area contributed by atoms with E-state index < -0.39 is 0 Å². The molecule has 0 heteroatoms. The molecule has 0 N–H and O–H groups in total. The Labute approximate surface area is 141 Å². The second-order valence-corrected chi connectivity index (χ2v) is 7.14. The molecule has 0 unspecified atom stereocenters. The number of hydrogen-bond donors (Lipinski definition) is 0. The van der Waals surface area contributed by atoms with Crippen LogP contribution < -0.4 is 0 Å². The van der Waals surface area contributed by atoms with Gasteiger partial charge in [-0.05, 0) is 66.2 Å². The lowest BCUT2D eigenvalue weighted by Crippen LogP contribution is -2.13. The highest BCUT2D eigenvalue weighted by Crippen LogP contribution is 2.38. The molecule has 0 heterocycles. The van der Waals surface area contributed by atoms with Crippen LogP contribution in [0.15, 0.2) is 48.5 Å². The average Bonchev–Trinajstić information content (AvgIpc) is 2.63. The van der Waals surface area contributed by atoms with Gasteiger partial charge in [0.05, 0.1) is 0 Å².